The molecule has 19 heavy (non-hydrogen) atoms. The highest BCUT2D eigenvalue weighted by atomic mass is 32.2. The molecule has 0 saturated heterocycles. The average molecular weight is 276 g/mol. The van der Waals surface area contributed by atoms with Gasteiger partial charge in [-0.2, -0.15) is 5.10 Å². The molecule has 3 N–H and O–H groups in total. The zero-order valence-electron chi connectivity index (χ0n) is 11.6. The van der Waals surface area contributed by atoms with Gasteiger partial charge in [-0.25, -0.2) is 0 Å². The van der Waals surface area contributed by atoms with E-state index < -0.39 is 0 Å². The molecule has 2 aromatic rings. The molecule has 0 aliphatic rings. The molecule has 0 saturated carbocycles. The van der Waals surface area contributed by atoms with Crippen molar-refractivity contribution in [2.45, 2.75) is 24.3 Å². The van der Waals surface area contributed by atoms with Crippen LogP contribution in [0.15, 0.2) is 35.2 Å². The van der Waals surface area contributed by atoms with Crippen molar-refractivity contribution < 1.29 is 0 Å². The number of thioether (sulfide) groups is 1. The second-order valence-corrected chi connectivity index (χ2v) is 5.41. The number of aromatic nitrogens is 2. The van der Waals surface area contributed by atoms with E-state index in [0.717, 1.165) is 12.1 Å². The molecule has 102 valence electrons. The van der Waals surface area contributed by atoms with E-state index in [1.807, 2.05) is 24.7 Å². The standard InChI is InChI=1S/C14H20N4S/c1-10-8-11(18(2)17-10)9-13(16-15)12-6-4-5-7-14(12)19-3/h4-8,13,16H,9,15H2,1-3H3. The van der Waals surface area contributed by atoms with Crippen LogP contribution in [0.5, 0.6) is 0 Å². The lowest BCUT2D eigenvalue weighted by Crippen LogP contribution is -2.30. The van der Waals surface area contributed by atoms with Crippen molar-refractivity contribution in [3.63, 3.8) is 0 Å². The van der Waals surface area contributed by atoms with Crippen LogP contribution in [0.3, 0.4) is 0 Å². The van der Waals surface area contributed by atoms with Crippen LogP contribution in [0, 0.1) is 6.92 Å². The summed E-state index contributed by atoms with van der Waals surface area (Å²) in [6.07, 6.45) is 2.91. The average Bonchev–Trinajstić information content (AvgIpc) is 2.74. The van der Waals surface area contributed by atoms with Crippen molar-refractivity contribution in [2.24, 2.45) is 12.9 Å². The minimum Gasteiger partial charge on any atom is -0.272 e. The van der Waals surface area contributed by atoms with Crippen molar-refractivity contribution >= 4 is 11.8 Å². The number of nitrogens with two attached hydrogens (primary N) is 1. The maximum atomic E-state index is 5.74. The Labute approximate surface area is 118 Å². The Balaban J connectivity index is 2.27. The van der Waals surface area contributed by atoms with Crippen molar-refractivity contribution in [3.8, 4) is 0 Å². The third-order valence-electron chi connectivity index (χ3n) is 3.23. The fourth-order valence-electron chi connectivity index (χ4n) is 2.28. The van der Waals surface area contributed by atoms with E-state index in [9.17, 15) is 0 Å². The lowest BCUT2D eigenvalue weighted by atomic mass is 10.0. The van der Waals surface area contributed by atoms with Gasteiger partial charge in [0, 0.05) is 24.1 Å². The van der Waals surface area contributed by atoms with Gasteiger partial charge in [0.25, 0.3) is 0 Å². The van der Waals surface area contributed by atoms with Crippen LogP contribution < -0.4 is 11.3 Å². The Morgan fingerprint density at radius 1 is 1.42 bits per heavy atom. The summed E-state index contributed by atoms with van der Waals surface area (Å²) in [6, 6.07) is 10.5. The molecule has 2 rings (SSSR count). The van der Waals surface area contributed by atoms with Gasteiger partial charge < -0.3 is 0 Å². The number of hydrazine groups is 1. The van der Waals surface area contributed by atoms with Gasteiger partial charge in [-0.3, -0.25) is 16.0 Å². The van der Waals surface area contributed by atoms with E-state index in [1.165, 1.54) is 16.2 Å². The minimum absolute atomic E-state index is 0.0958. The molecule has 1 aromatic heterocycles. The molecule has 0 fully saturated rings. The van der Waals surface area contributed by atoms with E-state index in [0.29, 0.717) is 0 Å². The van der Waals surface area contributed by atoms with E-state index >= 15 is 0 Å². The predicted molar refractivity (Wildman–Crippen MR) is 79.9 cm³/mol. The van der Waals surface area contributed by atoms with Crippen LogP contribution >= 0.6 is 11.8 Å². The molecule has 1 heterocycles. The predicted octanol–water partition coefficient (Wildman–Crippen LogP) is 2.20. The number of benzene rings is 1. The number of nitrogens with zero attached hydrogens (tertiary/aromatic N) is 2. The summed E-state index contributed by atoms with van der Waals surface area (Å²) in [5.41, 5.74) is 6.37. The first kappa shape index (κ1) is 14.1. The Hall–Kier alpha value is -1.30. The van der Waals surface area contributed by atoms with Crippen LogP contribution in [0.25, 0.3) is 0 Å². The topological polar surface area (TPSA) is 55.9 Å². The van der Waals surface area contributed by atoms with Crippen LogP contribution in [-0.2, 0) is 13.5 Å². The lowest BCUT2D eigenvalue weighted by Gasteiger charge is -2.19. The number of hydrogen-bond acceptors (Lipinski definition) is 4. The molecule has 0 spiro atoms. The van der Waals surface area contributed by atoms with E-state index in [4.69, 9.17) is 5.84 Å². The number of nitrogens with one attached hydrogen (secondary N) is 1. The third kappa shape index (κ3) is 3.18. The summed E-state index contributed by atoms with van der Waals surface area (Å²) >= 11 is 1.74. The fourth-order valence-corrected chi connectivity index (χ4v) is 2.94. The molecule has 4 nitrogen and oxygen atoms in total. The van der Waals surface area contributed by atoms with Crippen molar-refractivity contribution in [2.75, 3.05) is 6.26 Å². The third-order valence-corrected chi connectivity index (χ3v) is 4.04. The number of aryl methyl sites for hydroxylation is 2. The first-order valence-electron chi connectivity index (χ1n) is 6.24. The first-order chi connectivity index (χ1) is 9.15. The molecule has 0 amide bonds. The summed E-state index contributed by atoms with van der Waals surface area (Å²) in [7, 11) is 1.97. The molecule has 1 unspecified atom stereocenters. The van der Waals surface area contributed by atoms with E-state index in [-0.39, 0.29) is 6.04 Å². The summed E-state index contributed by atoms with van der Waals surface area (Å²) in [4.78, 5) is 1.25. The van der Waals surface area contributed by atoms with Gasteiger partial charge in [0.1, 0.15) is 0 Å². The summed E-state index contributed by atoms with van der Waals surface area (Å²) in [6.45, 7) is 2.00. The van der Waals surface area contributed by atoms with Crippen molar-refractivity contribution in [3.05, 3.63) is 47.3 Å². The van der Waals surface area contributed by atoms with Crippen LogP contribution in [0.1, 0.15) is 23.0 Å². The Morgan fingerprint density at radius 2 is 2.16 bits per heavy atom. The zero-order chi connectivity index (χ0) is 13.8. The Bertz CT molecular complexity index is 550. The summed E-state index contributed by atoms with van der Waals surface area (Å²) in [5, 5.41) is 4.38. The summed E-state index contributed by atoms with van der Waals surface area (Å²) < 4.78 is 1.92. The highest BCUT2D eigenvalue weighted by Crippen LogP contribution is 2.27. The molecule has 0 aliphatic heterocycles. The normalized spacial score (nSPS) is 12.6. The van der Waals surface area contributed by atoms with Gasteiger partial charge in [0.15, 0.2) is 0 Å². The van der Waals surface area contributed by atoms with Crippen molar-refractivity contribution in [1.82, 2.24) is 15.2 Å². The quantitative estimate of drug-likeness (QED) is 0.499. The number of rotatable bonds is 5. The molecule has 0 bridgehead atoms. The molecule has 0 aliphatic carbocycles. The highest BCUT2D eigenvalue weighted by Gasteiger charge is 2.16. The molecule has 1 aromatic carbocycles. The fraction of sp³-hybridized carbons (Fsp3) is 0.357. The van der Waals surface area contributed by atoms with E-state index in [2.05, 4.69) is 41.0 Å². The zero-order valence-corrected chi connectivity index (χ0v) is 12.4. The first-order valence-corrected chi connectivity index (χ1v) is 7.46. The van der Waals surface area contributed by atoms with Crippen molar-refractivity contribution in [1.29, 1.82) is 0 Å². The smallest absolute Gasteiger partial charge is 0.0596 e. The molecular formula is C14H20N4S. The molecule has 1 atom stereocenters. The lowest BCUT2D eigenvalue weighted by molar-refractivity contribution is 0.523. The maximum Gasteiger partial charge on any atom is 0.0596 e. The van der Waals surface area contributed by atoms with Gasteiger partial charge in [-0.15, -0.1) is 11.8 Å². The largest absolute Gasteiger partial charge is 0.272 e. The second kappa shape index (κ2) is 6.23. The van der Waals surface area contributed by atoms with Crippen LogP contribution in [-0.4, -0.2) is 16.0 Å². The Kier molecular flexibility index (Phi) is 4.63. The second-order valence-electron chi connectivity index (χ2n) is 4.57. The maximum absolute atomic E-state index is 5.74. The minimum atomic E-state index is 0.0958. The van der Waals surface area contributed by atoms with Crippen LogP contribution in [0.2, 0.25) is 0 Å². The highest BCUT2D eigenvalue weighted by molar-refractivity contribution is 7.98. The van der Waals surface area contributed by atoms with Gasteiger partial charge in [0.05, 0.1) is 11.7 Å². The number of hydrogen-bond donors (Lipinski definition) is 2. The van der Waals surface area contributed by atoms with E-state index in [1.54, 1.807) is 11.8 Å². The monoisotopic (exact) mass is 276 g/mol. The molecular weight excluding hydrogens is 256 g/mol. The van der Waals surface area contributed by atoms with Gasteiger partial charge in [0.2, 0.25) is 0 Å². The molecule has 5 heteroatoms. The Morgan fingerprint density at radius 3 is 2.74 bits per heavy atom. The SMILES string of the molecule is CSc1ccccc1C(Cc1cc(C)nn1C)NN. The van der Waals surface area contributed by atoms with Crippen LogP contribution in [0.4, 0.5) is 0 Å². The van der Waals surface area contributed by atoms with Gasteiger partial charge in [-0.1, -0.05) is 18.2 Å². The van der Waals surface area contributed by atoms with Gasteiger partial charge in [-0.05, 0) is 30.9 Å². The summed E-state index contributed by atoms with van der Waals surface area (Å²) in [5.74, 6) is 5.74. The molecule has 0 radical (unpaired) electrons. The van der Waals surface area contributed by atoms with Gasteiger partial charge >= 0.3 is 0 Å².